The van der Waals surface area contributed by atoms with Gasteiger partial charge in [0.2, 0.25) is 5.91 Å². The second-order valence-electron chi connectivity index (χ2n) is 6.20. The second-order valence-corrected chi connectivity index (χ2v) is 6.20. The van der Waals surface area contributed by atoms with Crippen molar-refractivity contribution >= 4 is 5.91 Å². The fourth-order valence-corrected chi connectivity index (χ4v) is 3.10. The number of likely N-dealkylation sites (tertiary alicyclic amines) is 1. The van der Waals surface area contributed by atoms with Crippen LogP contribution in [0.25, 0.3) is 0 Å². The molecule has 98 valence electrons. The largest absolute Gasteiger partial charge is 0.379 e. The van der Waals surface area contributed by atoms with Crippen molar-refractivity contribution in [1.29, 1.82) is 0 Å². The quantitative estimate of drug-likeness (QED) is 0.739. The minimum absolute atomic E-state index is 0.164. The smallest absolute Gasteiger partial charge is 0.232 e. The van der Waals surface area contributed by atoms with Gasteiger partial charge in [0, 0.05) is 19.1 Å². The highest BCUT2D eigenvalue weighted by Gasteiger charge is 2.47. The van der Waals surface area contributed by atoms with Crippen molar-refractivity contribution in [2.24, 2.45) is 23.0 Å². The van der Waals surface area contributed by atoms with Crippen molar-refractivity contribution < 1.29 is 9.53 Å². The molecule has 4 unspecified atom stereocenters. The lowest BCUT2D eigenvalue weighted by Gasteiger charge is -2.39. The first-order valence-corrected chi connectivity index (χ1v) is 6.56. The summed E-state index contributed by atoms with van der Waals surface area (Å²) in [6, 6.07) is -0.164. The fraction of sp³-hybridized carbons (Fsp3) is 0.923. The minimum atomic E-state index is -0.517. The van der Waals surface area contributed by atoms with Crippen molar-refractivity contribution in [1.82, 2.24) is 4.90 Å². The van der Waals surface area contributed by atoms with Gasteiger partial charge in [-0.2, -0.15) is 0 Å². The maximum Gasteiger partial charge on any atom is 0.232 e. The van der Waals surface area contributed by atoms with Crippen molar-refractivity contribution in [3.05, 3.63) is 0 Å². The fourth-order valence-electron chi connectivity index (χ4n) is 3.10. The molecule has 0 bridgehead atoms. The zero-order valence-electron chi connectivity index (χ0n) is 11.1. The van der Waals surface area contributed by atoms with Crippen LogP contribution in [-0.4, -0.2) is 43.2 Å². The van der Waals surface area contributed by atoms with Crippen molar-refractivity contribution in [3.63, 3.8) is 0 Å². The number of nitrogens with two attached hydrogens (primary N) is 1. The number of nitrogens with zero attached hydrogens (tertiary/aromatic N) is 1. The van der Waals surface area contributed by atoms with Crippen molar-refractivity contribution in [2.45, 2.75) is 33.2 Å². The molecule has 2 rings (SSSR count). The van der Waals surface area contributed by atoms with Crippen LogP contribution >= 0.6 is 0 Å². The standard InChI is InChI=1S/C13H24N2O2/c1-9-4-10(2)6-15(5-9)12(16)13(3)8-17-7-11(13)14/h9-11H,4-8,14H2,1-3H3. The average molecular weight is 240 g/mol. The molecule has 2 aliphatic heterocycles. The first kappa shape index (κ1) is 12.8. The summed E-state index contributed by atoms with van der Waals surface area (Å²) in [4.78, 5) is 14.6. The molecule has 0 aromatic heterocycles. The number of amides is 1. The van der Waals surface area contributed by atoms with Crippen LogP contribution in [0.5, 0.6) is 0 Å². The van der Waals surface area contributed by atoms with E-state index < -0.39 is 5.41 Å². The minimum Gasteiger partial charge on any atom is -0.379 e. The normalized spacial score (nSPS) is 42.8. The van der Waals surface area contributed by atoms with Gasteiger partial charge in [-0.15, -0.1) is 0 Å². The van der Waals surface area contributed by atoms with E-state index in [4.69, 9.17) is 10.5 Å². The lowest BCUT2D eigenvalue weighted by Crippen LogP contribution is -2.54. The molecule has 4 nitrogen and oxygen atoms in total. The molecule has 0 aliphatic carbocycles. The van der Waals surface area contributed by atoms with Gasteiger partial charge >= 0.3 is 0 Å². The Morgan fingerprint density at radius 3 is 2.41 bits per heavy atom. The maximum atomic E-state index is 12.6. The van der Waals surface area contributed by atoms with Crippen molar-refractivity contribution in [2.75, 3.05) is 26.3 Å². The van der Waals surface area contributed by atoms with Crippen LogP contribution in [0.2, 0.25) is 0 Å². The molecule has 0 aromatic rings. The molecule has 2 fully saturated rings. The third kappa shape index (κ3) is 2.33. The molecule has 0 spiro atoms. The van der Waals surface area contributed by atoms with Gasteiger partial charge in [-0.3, -0.25) is 4.79 Å². The van der Waals surface area contributed by atoms with E-state index in [-0.39, 0.29) is 11.9 Å². The third-order valence-corrected chi connectivity index (χ3v) is 4.16. The monoisotopic (exact) mass is 240 g/mol. The summed E-state index contributed by atoms with van der Waals surface area (Å²) in [7, 11) is 0. The zero-order chi connectivity index (χ0) is 12.6. The van der Waals surface area contributed by atoms with Gasteiger partial charge in [0.15, 0.2) is 0 Å². The van der Waals surface area contributed by atoms with Gasteiger partial charge in [-0.05, 0) is 25.2 Å². The van der Waals surface area contributed by atoms with E-state index >= 15 is 0 Å². The molecular formula is C13H24N2O2. The van der Waals surface area contributed by atoms with Gasteiger partial charge < -0.3 is 15.4 Å². The first-order valence-electron chi connectivity index (χ1n) is 6.56. The number of piperidine rings is 1. The summed E-state index contributed by atoms with van der Waals surface area (Å²) >= 11 is 0. The van der Waals surface area contributed by atoms with Crippen LogP contribution in [0.3, 0.4) is 0 Å². The Hall–Kier alpha value is -0.610. The number of rotatable bonds is 1. The highest BCUT2D eigenvalue weighted by atomic mass is 16.5. The Kier molecular flexibility index (Phi) is 3.46. The Morgan fingerprint density at radius 1 is 1.35 bits per heavy atom. The maximum absolute atomic E-state index is 12.6. The Balaban J connectivity index is 2.09. The van der Waals surface area contributed by atoms with E-state index in [0.29, 0.717) is 25.0 Å². The van der Waals surface area contributed by atoms with Crippen LogP contribution in [0, 0.1) is 17.3 Å². The molecule has 2 N–H and O–H groups in total. The van der Waals surface area contributed by atoms with Crippen LogP contribution in [-0.2, 0) is 9.53 Å². The molecule has 17 heavy (non-hydrogen) atoms. The number of ether oxygens (including phenoxy) is 1. The van der Waals surface area contributed by atoms with Gasteiger partial charge in [0.05, 0.1) is 18.6 Å². The number of carbonyl (C=O) groups is 1. The van der Waals surface area contributed by atoms with E-state index in [2.05, 4.69) is 13.8 Å². The van der Waals surface area contributed by atoms with Gasteiger partial charge in [0.1, 0.15) is 0 Å². The van der Waals surface area contributed by atoms with Gasteiger partial charge in [-0.1, -0.05) is 13.8 Å². The lowest BCUT2D eigenvalue weighted by atomic mass is 9.82. The van der Waals surface area contributed by atoms with E-state index in [0.717, 1.165) is 13.1 Å². The average Bonchev–Trinajstić information content (AvgIpc) is 2.58. The van der Waals surface area contributed by atoms with E-state index in [1.165, 1.54) is 6.42 Å². The highest BCUT2D eigenvalue weighted by Crippen LogP contribution is 2.32. The summed E-state index contributed by atoms with van der Waals surface area (Å²) in [5.41, 5.74) is 5.50. The summed E-state index contributed by atoms with van der Waals surface area (Å²) in [5, 5.41) is 0. The van der Waals surface area contributed by atoms with E-state index in [9.17, 15) is 4.79 Å². The second kappa shape index (κ2) is 4.58. The molecule has 2 heterocycles. The van der Waals surface area contributed by atoms with Crippen LogP contribution in [0.1, 0.15) is 27.2 Å². The predicted molar refractivity (Wildman–Crippen MR) is 66.4 cm³/mol. The molecule has 0 saturated carbocycles. The van der Waals surface area contributed by atoms with Crippen LogP contribution in [0.4, 0.5) is 0 Å². The van der Waals surface area contributed by atoms with E-state index in [1.54, 1.807) is 0 Å². The molecular weight excluding hydrogens is 216 g/mol. The number of hydrogen-bond donors (Lipinski definition) is 1. The summed E-state index contributed by atoms with van der Waals surface area (Å²) in [6.07, 6.45) is 1.21. The van der Waals surface area contributed by atoms with Crippen molar-refractivity contribution in [3.8, 4) is 0 Å². The molecule has 2 saturated heterocycles. The first-order chi connectivity index (χ1) is 7.93. The van der Waals surface area contributed by atoms with Gasteiger partial charge in [0.25, 0.3) is 0 Å². The number of carbonyl (C=O) groups excluding carboxylic acids is 1. The Labute approximate surface area is 103 Å². The summed E-state index contributed by atoms with van der Waals surface area (Å²) < 4.78 is 5.37. The highest BCUT2D eigenvalue weighted by molar-refractivity contribution is 5.83. The summed E-state index contributed by atoms with van der Waals surface area (Å²) in [6.45, 7) is 9.06. The third-order valence-electron chi connectivity index (χ3n) is 4.16. The molecule has 4 heteroatoms. The zero-order valence-corrected chi connectivity index (χ0v) is 11.1. The van der Waals surface area contributed by atoms with Crippen LogP contribution < -0.4 is 5.73 Å². The molecule has 4 atom stereocenters. The Bertz CT molecular complexity index is 298. The molecule has 1 amide bonds. The van der Waals surface area contributed by atoms with Crippen LogP contribution in [0.15, 0.2) is 0 Å². The topological polar surface area (TPSA) is 55.6 Å². The SMILES string of the molecule is CC1CC(C)CN(C(=O)C2(C)COCC2N)C1. The van der Waals surface area contributed by atoms with E-state index in [1.807, 2.05) is 11.8 Å². The molecule has 2 aliphatic rings. The van der Waals surface area contributed by atoms with Gasteiger partial charge in [-0.25, -0.2) is 0 Å². The lowest BCUT2D eigenvalue weighted by molar-refractivity contribution is -0.144. The molecule has 0 aromatic carbocycles. The number of hydrogen-bond acceptors (Lipinski definition) is 3. The Morgan fingerprint density at radius 2 is 1.94 bits per heavy atom. The predicted octanol–water partition coefficient (Wildman–Crippen LogP) is 0.855. The molecule has 0 radical (unpaired) electrons. The summed E-state index contributed by atoms with van der Waals surface area (Å²) in [5.74, 6) is 1.36.